The summed E-state index contributed by atoms with van der Waals surface area (Å²) in [7, 11) is 2.04. The SMILES string of the molecule is CNCC1CCN(c2ccc3ccccc3n2)CC1. The second-order valence-electron chi connectivity index (χ2n) is 5.35. The van der Waals surface area contributed by atoms with Gasteiger partial charge in [-0.1, -0.05) is 18.2 Å². The van der Waals surface area contributed by atoms with Gasteiger partial charge in [-0.3, -0.25) is 0 Å². The minimum absolute atomic E-state index is 0.821. The van der Waals surface area contributed by atoms with Crippen LogP contribution in [0, 0.1) is 5.92 Å². The standard InChI is InChI=1S/C16H21N3/c1-17-12-13-8-10-19(11-9-13)16-7-6-14-4-2-3-5-15(14)18-16/h2-7,13,17H,8-12H2,1H3. The topological polar surface area (TPSA) is 28.2 Å². The predicted molar refractivity (Wildman–Crippen MR) is 80.6 cm³/mol. The van der Waals surface area contributed by atoms with E-state index in [2.05, 4.69) is 46.6 Å². The van der Waals surface area contributed by atoms with Gasteiger partial charge in [0, 0.05) is 18.5 Å². The van der Waals surface area contributed by atoms with Crippen LogP contribution in [0.4, 0.5) is 5.82 Å². The maximum Gasteiger partial charge on any atom is 0.129 e. The minimum Gasteiger partial charge on any atom is -0.357 e. The molecule has 0 saturated carbocycles. The van der Waals surface area contributed by atoms with Crippen LogP contribution in [0.3, 0.4) is 0 Å². The number of nitrogens with one attached hydrogen (secondary N) is 1. The molecule has 19 heavy (non-hydrogen) atoms. The van der Waals surface area contributed by atoms with Crippen molar-refractivity contribution in [2.24, 2.45) is 5.92 Å². The lowest BCUT2D eigenvalue weighted by Crippen LogP contribution is -2.37. The number of pyridine rings is 1. The lowest BCUT2D eigenvalue weighted by Gasteiger charge is -2.32. The maximum absolute atomic E-state index is 4.78. The zero-order valence-electron chi connectivity index (χ0n) is 11.5. The number of aromatic nitrogens is 1. The Balaban J connectivity index is 1.74. The Hall–Kier alpha value is -1.61. The molecule has 0 spiro atoms. The summed E-state index contributed by atoms with van der Waals surface area (Å²) in [6.07, 6.45) is 2.52. The van der Waals surface area contributed by atoms with Crippen molar-refractivity contribution in [3.8, 4) is 0 Å². The summed E-state index contributed by atoms with van der Waals surface area (Å²) in [6, 6.07) is 12.7. The molecule has 2 heterocycles. The first-order valence-corrected chi connectivity index (χ1v) is 7.12. The summed E-state index contributed by atoms with van der Waals surface area (Å²) in [5, 5.41) is 4.50. The summed E-state index contributed by atoms with van der Waals surface area (Å²) in [4.78, 5) is 7.20. The van der Waals surface area contributed by atoms with E-state index in [1.807, 2.05) is 7.05 Å². The highest BCUT2D eigenvalue weighted by Gasteiger charge is 2.19. The average Bonchev–Trinajstić information content (AvgIpc) is 2.48. The third-order valence-corrected chi connectivity index (χ3v) is 4.02. The van der Waals surface area contributed by atoms with Crippen molar-refractivity contribution in [1.29, 1.82) is 0 Å². The summed E-state index contributed by atoms with van der Waals surface area (Å²) in [6.45, 7) is 3.38. The molecule has 0 aliphatic carbocycles. The fourth-order valence-electron chi connectivity index (χ4n) is 2.89. The van der Waals surface area contributed by atoms with Gasteiger partial charge in [0.05, 0.1) is 5.52 Å². The zero-order valence-corrected chi connectivity index (χ0v) is 11.5. The molecule has 1 aliphatic rings. The van der Waals surface area contributed by atoms with Gasteiger partial charge in [-0.05, 0) is 50.6 Å². The Morgan fingerprint density at radius 3 is 2.74 bits per heavy atom. The summed E-state index contributed by atoms with van der Waals surface area (Å²) in [5.41, 5.74) is 1.09. The highest BCUT2D eigenvalue weighted by atomic mass is 15.2. The first-order valence-electron chi connectivity index (χ1n) is 7.12. The molecule has 1 aromatic heterocycles. The quantitative estimate of drug-likeness (QED) is 0.914. The predicted octanol–water partition coefficient (Wildman–Crippen LogP) is 2.67. The van der Waals surface area contributed by atoms with Crippen LogP contribution in [0.1, 0.15) is 12.8 Å². The number of fused-ring (bicyclic) bond motifs is 1. The molecule has 0 unspecified atom stereocenters. The largest absolute Gasteiger partial charge is 0.357 e. The van der Waals surface area contributed by atoms with Crippen LogP contribution in [0.5, 0.6) is 0 Å². The normalized spacial score (nSPS) is 17.0. The number of hydrogen-bond acceptors (Lipinski definition) is 3. The Morgan fingerprint density at radius 1 is 1.16 bits per heavy atom. The first-order chi connectivity index (χ1) is 9.36. The van der Waals surface area contributed by atoms with Gasteiger partial charge in [-0.15, -0.1) is 0 Å². The van der Waals surface area contributed by atoms with Gasteiger partial charge in [-0.25, -0.2) is 4.98 Å². The van der Waals surface area contributed by atoms with Crippen LogP contribution < -0.4 is 10.2 Å². The average molecular weight is 255 g/mol. The van der Waals surface area contributed by atoms with E-state index in [4.69, 9.17) is 4.98 Å². The van der Waals surface area contributed by atoms with Crippen molar-refractivity contribution in [3.05, 3.63) is 36.4 Å². The summed E-state index contributed by atoms with van der Waals surface area (Å²) >= 11 is 0. The lowest BCUT2D eigenvalue weighted by atomic mass is 9.97. The molecule has 3 heteroatoms. The van der Waals surface area contributed by atoms with E-state index < -0.39 is 0 Å². The van der Waals surface area contributed by atoms with Crippen LogP contribution in [-0.4, -0.2) is 31.7 Å². The van der Waals surface area contributed by atoms with Gasteiger partial charge in [0.1, 0.15) is 5.82 Å². The molecule has 3 nitrogen and oxygen atoms in total. The number of nitrogens with zero attached hydrogens (tertiary/aromatic N) is 2. The smallest absolute Gasteiger partial charge is 0.129 e. The van der Waals surface area contributed by atoms with Crippen LogP contribution in [0.15, 0.2) is 36.4 Å². The Bertz CT molecular complexity index is 544. The third-order valence-electron chi connectivity index (χ3n) is 4.02. The molecule has 100 valence electrons. The highest BCUT2D eigenvalue weighted by Crippen LogP contribution is 2.23. The molecule has 1 saturated heterocycles. The van der Waals surface area contributed by atoms with E-state index in [9.17, 15) is 0 Å². The number of piperidine rings is 1. The van der Waals surface area contributed by atoms with E-state index in [1.165, 1.54) is 18.2 Å². The van der Waals surface area contributed by atoms with Gasteiger partial charge in [0.15, 0.2) is 0 Å². The van der Waals surface area contributed by atoms with Crippen molar-refractivity contribution >= 4 is 16.7 Å². The molecule has 0 radical (unpaired) electrons. The van der Waals surface area contributed by atoms with Gasteiger partial charge < -0.3 is 10.2 Å². The number of benzene rings is 1. The molecule has 1 fully saturated rings. The molecule has 3 rings (SSSR count). The fraction of sp³-hybridized carbons (Fsp3) is 0.438. The zero-order chi connectivity index (χ0) is 13.1. The molecule has 0 atom stereocenters. The van der Waals surface area contributed by atoms with Crippen molar-refractivity contribution < 1.29 is 0 Å². The summed E-state index contributed by atoms with van der Waals surface area (Å²) < 4.78 is 0. The molecule has 0 bridgehead atoms. The molecule has 1 aromatic carbocycles. The Morgan fingerprint density at radius 2 is 1.95 bits per heavy atom. The number of anilines is 1. The van der Waals surface area contributed by atoms with E-state index in [1.54, 1.807) is 0 Å². The van der Waals surface area contributed by atoms with Crippen molar-refractivity contribution in [2.75, 3.05) is 31.6 Å². The highest BCUT2D eigenvalue weighted by molar-refractivity contribution is 5.80. The van der Waals surface area contributed by atoms with Crippen LogP contribution >= 0.6 is 0 Å². The van der Waals surface area contributed by atoms with Gasteiger partial charge in [0.2, 0.25) is 0 Å². The van der Waals surface area contributed by atoms with Crippen molar-refractivity contribution in [2.45, 2.75) is 12.8 Å². The van der Waals surface area contributed by atoms with Gasteiger partial charge >= 0.3 is 0 Å². The van der Waals surface area contributed by atoms with Crippen molar-refractivity contribution in [1.82, 2.24) is 10.3 Å². The molecule has 0 amide bonds. The van der Waals surface area contributed by atoms with Gasteiger partial charge in [-0.2, -0.15) is 0 Å². The first kappa shape index (κ1) is 12.4. The van der Waals surface area contributed by atoms with E-state index in [0.717, 1.165) is 36.9 Å². The monoisotopic (exact) mass is 255 g/mol. The van der Waals surface area contributed by atoms with Crippen LogP contribution in [0.25, 0.3) is 10.9 Å². The van der Waals surface area contributed by atoms with E-state index in [-0.39, 0.29) is 0 Å². The Kier molecular flexibility index (Phi) is 3.65. The summed E-state index contributed by atoms with van der Waals surface area (Å²) in [5.74, 6) is 1.95. The third kappa shape index (κ3) is 2.71. The number of rotatable bonds is 3. The van der Waals surface area contributed by atoms with Crippen molar-refractivity contribution in [3.63, 3.8) is 0 Å². The number of para-hydroxylation sites is 1. The molecule has 2 aromatic rings. The molecule has 1 N–H and O–H groups in total. The second-order valence-corrected chi connectivity index (χ2v) is 5.35. The lowest BCUT2D eigenvalue weighted by molar-refractivity contribution is 0.392. The maximum atomic E-state index is 4.78. The fourth-order valence-corrected chi connectivity index (χ4v) is 2.89. The Labute approximate surface area is 114 Å². The van der Waals surface area contributed by atoms with Crippen LogP contribution in [-0.2, 0) is 0 Å². The number of hydrogen-bond donors (Lipinski definition) is 1. The van der Waals surface area contributed by atoms with E-state index >= 15 is 0 Å². The van der Waals surface area contributed by atoms with Gasteiger partial charge in [0.25, 0.3) is 0 Å². The van der Waals surface area contributed by atoms with E-state index in [0.29, 0.717) is 0 Å². The molecule has 1 aliphatic heterocycles. The minimum atomic E-state index is 0.821. The molecular weight excluding hydrogens is 234 g/mol. The molecular formula is C16H21N3. The second kappa shape index (κ2) is 5.57. The van der Waals surface area contributed by atoms with Crippen LogP contribution in [0.2, 0.25) is 0 Å².